The molecule has 3 nitrogen and oxygen atoms in total. The van der Waals surface area contributed by atoms with Gasteiger partial charge in [0.05, 0.1) is 10.5 Å². The van der Waals surface area contributed by atoms with Crippen molar-refractivity contribution in [2.24, 2.45) is 5.92 Å². The summed E-state index contributed by atoms with van der Waals surface area (Å²) in [5.41, 5.74) is 1.20. The summed E-state index contributed by atoms with van der Waals surface area (Å²) < 4.78 is 23.7. The lowest BCUT2D eigenvalue weighted by molar-refractivity contribution is 0.399. The predicted octanol–water partition coefficient (Wildman–Crippen LogP) is 3.19. The van der Waals surface area contributed by atoms with Gasteiger partial charge in [-0.25, -0.2) is 8.42 Å². The fraction of sp³-hybridized carbons (Fsp3) is 0.625. The molecule has 0 aliphatic carbocycles. The highest BCUT2D eigenvalue weighted by molar-refractivity contribution is 7.92. The first-order valence-corrected chi connectivity index (χ1v) is 8.79. The van der Waals surface area contributed by atoms with Gasteiger partial charge in [-0.3, -0.25) is 0 Å². The van der Waals surface area contributed by atoms with Crippen LogP contribution in [0.3, 0.4) is 0 Å². The van der Waals surface area contributed by atoms with E-state index >= 15 is 0 Å². The average Bonchev–Trinajstić information content (AvgIpc) is 2.37. The maximum absolute atomic E-state index is 12.2. The van der Waals surface area contributed by atoms with E-state index in [9.17, 15) is 8.42 Å². The molecule has 0 saturated carbocycles. The lowest BCUT2D eigenvalue weighted by Crippen LogP contribution is -2.32. The van der Waals surface area contributed by atoms with Gasteiger partial charge in [0, 0.05) is 6.04 Å². The van der Waals surface area contributed by atoms with Crippen LogP contribution >= 0.6 is 0 Å². The van der Waals surface area contributed by atoms with Crippen LogP contribution in [0.4, 0.5) is 0 Å². The van der Waals surface area contributed by atoms with E-state index in [0.29, 0.717) is 6.42 Å². The van der Waals surface area contributed by atoms with Crippen molar-refractivity contribution in [3.05, 3.63) is 35.9 Å². The monoisotopic (exact) mass is 297 g/mol. The zero-order valence-electron chi connectivity index (χ0n) is 13.2. The van der Waals surface area contributed by atoms with Crippen molar-refractivity contribution in [3.63, 3.8) is 0 Å². The van der Waals surface area contributed by atoms with Crippen LogP contribution in [-0.2, 0) is 9.84 Å². The van der Waals surface area contributed by atoms with Crippen LogP contribution in [0.1, 0.15) is 45.7 Å². The molecule has 20 heavy (non-hydrogen) atoms. The summed E-state index contributed by atoms with van der Waals surface area (Å²) in [6.45, 7) is 7.39. The summed E-state index contributed by atoms with van der Waals surface area (Å²) in [7, 11) is -1.12. The molecular weight excluding hydrogens is 270 g/mol. The zero-order valence-corrected chi connectivity index (χ0v) is 14.0. The Labute approximate surface area is 123 Å². The third-order valence-electron chi connectivity index (χ3n) is 3.81. The molecule has 4 heteroatoms. The maximum atomic E-state index is 12.2. The van der Waals surface area contributed by atoms with Crippen LogP contribution in [-0.4, -0.2) is 26.0 Å². The molecule has 1 N–H and O–H groups in total. The molecule has 1 aromatic carbocycles. The Hall–Kier alpha value is -0.870. The number of hydrogen-bond acceptors (Lipinski definition) is 3. The van der Waals surface area contributed by atoms with Crippen LogP contribution in [0.5, 0.6) is 0 Å². The summed E-state index contributed by atoms with van der Waals surface area (Å²) in [6, 6.07) is 10.4. The molecule has 0 aliphatic rings. The fourth-order valence-corrected chi connectivity index (χ4v) is 3.55. The minimum atomic E-state index is -3.04. The van der Waals surface area contributed by atoms with E-state index in [4.69, 9.17) is 0 Å². The third kappa shape index (κ3) is 4.32. The van der Waals surface area contributed by atoms with Gasteiger partial charge < -0.3 is 5.32 Å². The van der Waals surface area contributed by atoms with Crippen LogP contribution < -0.4 is 5.32 Å². The van der Waals surface area contributed by atoms with Crippen molar-refractivity contribution in [2.45, 2.75) is 44.9 Å². The summed E-state index contributed by atoms with van der Waals surface area (Å²) >= 11 is 0. The molecule has 2 atom stereocenters. The number of hydrogen-bond donors (Lipinski definition) is 1. The number of benzene rings is 1. The van der Waals surface area contributed by atoms with Crippen LogP contribution in [0.15, 0.2) is 30.3 Å². The van der Waals surface area contributed by atoms with E-state index in [0.717, 1.165) is 0 Å². The third-order valence-corrected chi connectivity index (χ3v) is 6.45. The topological polar surface area (TPSA) is 46.2 Å². The fourth-order valence-electron chi connectivity index (χ4n) is 2.25. The molecule has 1 rings (SSSR count). The van der Waals surface area contributed by atoms with E-state index in [-0.39, 0.29) is 17.7 Å². The van der Waals surface area contributed by atoms with E-state index in [1.54, 1.807) is 20.8 Å². The van der Waals surface area contributed by atoms with E-state index in [2.05, 4.69) is 24.4 Å². The minimum absolute atomic E-state index is 0.186. The molecule has 114 valence electrons. The highest BCUT2D eigenvalue weighted by Gasteiger charge is 2.30. The van der Waals surface area contributed by atoms with Crippen molar-refractivity contribution in [2.75, 3.05) is 12.8 Å². The molecule has 0 aliphatic heterocycles. The highest BCUT2D eigenvalue weighted by atomic mass is 32.2. The SMILES string of the molecule is CNC(c1ccccc1)C(C)CCS(=O)(=O)C(C)(C)C. The Balaban J connectivity index is 2.73. The molecule has 0 bridgehead atoms. The maximum Gasteiger partial charge on any atom is 0.155 e. The van der Waals surface area contributed by atoms with Gasteiger partial charge >= 0.3 is 0 Å². The van der Waals surface area contributed by atoms with Crippen molar-refractivity contribution < 1.29 is 8.42 Å². The molecule has 0 spiro atoms. The Morgan fingerprint density at radius 2 is 1.70 bits per heavy atom. The van der Waals surface area contributed by atoms with Gasteiger partial charge in [-0.2, -0.15) is 0 Å². The Morgan fingerprint density at radius 3 is 2.15 bits per heavy atom. The molecule has 0 radical (unpaired) electrons. The van der Waals surface area contributed by atoms with Crippen molar-refractivity contribution in [1.29, 1.82) is 0 Å². The summed E-state index contributed by atoms with van der Waals surface area (Å²) in [6.07, 6.45) is 0.667. The zero-order chi connectivity index (χ0) is 15.4. The van der Waals surface area contributed by atoms with Gasteiger partial charge in [0.1, 0.15) is 0 Å². The Morgan fingerprint density at radius 1 is 1.15 bits per heavy atom. The first-order chi connectivity index (χ1) is 9.19. The van der Waals surface area contributed by atoms with Crippen molar-refractivity contribution >= 4 is 9.84 Å². The van der Waals surface area contributed by atoms with E-state index in [1.165, 1.54) is 5.56 Å². The molecule has 1 aromatic rings. The van der Waals surface area contributed by atoms with Gasteiger partial charge in [-0.15, -0.1) is 0 Å². The van der Waals surface area contributed by atoms with Gasteiger partial charge in [0.2, 0.25) is 0 Å². The number of nitrogens with one attached hydrogen (secondary N) is 1. The number of sulfone groups is 1. The van der Waals surface area contributed by atoms with Crippen molar-refractivity contribution in [1.82, 2.24) is 5.32 Å². The Kier molecular flexibility index (Phi) is 5.78. The summed E-state index contributed by atoms with van der Waals surface area (Å²) in [4.78, 5) is 0. The molecule has 0 aromatic heterocycles. The van der Waals surface area contributed by atoms with Gasteiger partial charge in [-0.1, -0.05) is 37.3 Å². The van der Waals surface area contributed by atoms with Crippen LogP contribution in [0, 0.1) is 5.92 Å². The Bertz CT molecular complexity index is 503. The molecule has 0 fully saturated rings. The summed E-state index contributed by atoms with van der Waals surface area (Å²) in [5.74, 6) is 0.502. The van der Waals surface area contributed by atoms with E-state index < -0.39 is 14.6 Å². The average molecular weight is 297 g/mol. The standard InChI is InChI=1S/C16H27NO2S/c1-13(11-12-20(18,19)16(2,3)4)15(17-5)14-9-7-6-8-10-14/h6-10,13,15,17H,11-12H2,1-5H3. The van der Waals surface area contributed by atoms with Gasteiger partial charge in [0.15, 0.2) is 9.84 Å². The number of rotatable bonds is 6. The molecule has 0 saturated heterocycles. The normalized spacial score (nSPS) is 15.8. The predicted molar refractivity (Wildman–Crippen MR) is 85.6 cm³/mol. The first-order valence-electron chi connectivity index (χ1n) is 7.13. The van der Waals surface area contributed by atoms with Crippen LogP contribution in [0.25, 0.3) is 0 Å². The highest BCUT2D eigenvalue weighted by Crippen LogP contribution is 2.26. The molecule has 2 unspecified atom stereocenters. The second kappa shape index (κ2) is 6.72. The minimum Gasteiger partial charge on any atom is -0.313 e. The molecule has 0 amide bonds. The second-order valence-corrected chi connectivity index (χ2v) is 9.24. The van der Waals surface area contributed by atoms with Crippen molar-refractivity contribution in [3.8, 4) is 0 Å². The van der Waals surface area contributed by atoms with Gasteiger partial charge in [0.25, 0.3) is 0 Å². The summed E-state index contributed by atoms with van der Waals surface area (Å²) in [5, 5.41) is 3.30. The van der Waals surface area contributed by atoms with Crippen LogP contribution in [0.2, 0.25) is 0 Å². The largest absolute Gasteiger partial charge is 0.313 e. The lowest BCUT2D eigenvalue weighted by atomic mass is 9.93. The first kappa shape index (κ1) is 17.2. The molecule has 0 heterocycles. The second-order valence-electron chi connectivity index (χ2n) is 6.37. The lowest BCUT2D eigenvalue weighted by Gasteiger charge is -2.26. The smallest absolute Gasteiger partial charge is 0.155 e. The molecular formula is C16H27NO2S. The van der Waals surface area contributed by atoms with E-state index in [1.807, 2.05) is 25.2 Å². The van der Waals surface area contributed by atoms with Gasteiger partial charge in [-0.05, 0) is 45.7 Å². The quantitative estimate of drug-likeness (QED) is 0.877.